The first-order valence-electron chi connectivity index (χ1n) is 5.96. The Morgan fingerprint density at radius 3 is 1.79 bits per heavy atom. The van der Waals surface area contributed by atoms with Crippen LogP contribution in [0.5, 0.6) is 0 Å². The zero-order valence-electron chi connectivity index (χ0n) is 10.7. The van der Waals surface area contributed by atoms with Crippen LogP contribution in [0.15, 0.2) is 0 Å². The van der Waals surface area contributed by atoms with Crippen molar-refractivity contribution in [3.63, 3.8) is 0 Å². The highest BCUT2D eigenvalue weighted by Crippen LogP contribution is 2.11. The van der Waals surface area contributed by atoms with Crippen molar-refractivity contribution in [2.45, 2.75) is 45.6 Å². The lowest BCUT2D eigenvalue weighted by molar-refractivity contribution is 0.166. The molecule has 0 aromatic heterocycles. The Morgan fingerprint density at radius 1 is 1.07 bits per heavy atom. The van der Waals surface area contributed by atoms with E-state index in [1.54, 1.807) is 0 Å². The Kier molecular flexibility index (Phi) is 8.20. The van der Waals surface area contributed by atoms with Gasteiger partial charge in [-0.15, -0.1) is 0 Å². The third-order valence-corrected chi connectivity index (χ3v) is 2.92. The van der Waals surface area contributed by atoms with Crippen LogP contribution in [0.25, 0.3) is 0 Å². The van der Waals surface area contributed by atoms with Gasteiger partial charge in [0.15, 0.2) is 0 Å². The molecule has 2 nitrogen and oxygen atoms in total. The molecule has 0 aromatic carbocycles. The summed E-state index contributed by atoms with van der Waals surface area (Å²) in [6.45, 7) is 6.89. The molecular formula is C12H28N2. The van der Waals surface area contributed by atoms with Gasteiger partial charge in [-0.1, -0.05) is 26.7 Å². The fraction of sp³-hybridized carbons (Fsp3) is 1.00. The predicted molar refractivity (Wildman–Crippen MR) is 64.8 cm³/mol. The van der Waals surface area contributed by atoms with Crippen LogP contribution < -0.4 is 0 Å². The van der Waals surface area contributed by atoms with E-state index in [1.807, 2.05) is 0 Å². The van der Waals surface area contributed by atoms with Gasteiger partial charge in [0.05, 0.1) is 0 Å². The maximum Gasteiger partial charge on any atom is 0.0113 e. The first-order chi connectivity index (χ1) is 6.61. The van der Waals surface area contributed by atoms with E-state index in [4.69, 9.17) is 0 Å². The minimum absolute atomic E-state index is 0.830. The zero-order chi connectivity index (χ0) is 11.0. The van der Waals surface area contributed by atoms with E-state index in [9.17, 15) is 0 Å². The van der Waals surface area contributed by atoms with Crippen molar-refractivity contribution < 1.29 is 0 Å². The van der Waals surface area contributed by atoms with Gasteiger partial charge in [-0.25, -0.2) is 0 Å². The second-order valence-corrected chi connectivity index (χ2v) is 4.50. The van der Waals surface area contributed by atoms with E-state index in [2.05, 4.69) is 44.8 Å². The molecule has 0 bridgehead atoms. The number of hydrogen-bond donors (Lipinski definition) is 0. The standard InChI is InChI=1S/C8H18N2.C4H10/c1-9(2)8-4-6-10(3)7-5-8;1-3-4-2/h8H,4-7H2,1-3H3;3-4H2,1-2H3. The Hall–Kier alpha value is -0.0800. The largest absolute Gasteiger partial charge is 0.306 e. The fourth-order valence-corrected chi connectivity index (χ4v) is 1.51. The summed E-state index contributed by atoms with van der Waals surface area (Å²) in [7, 11) is 6.55. The van der Waals surface area contributed by atoms with Crippen LogP contribution in [-0.2, 0) is 0 Å². The smallest absolute Gasteiger partial charge is 0.0113 e. The molecule has 0 spiro atoms. The molecule has 1 fully saturated rings. The highest BCUT2D eigenvalue weighted by atomic mass is 15.2. The van der Waals surface area contributed by atoms with Gasteiger partial charge < -0.3 is 9.80 Å². The Bertz CT molecular complexity index is 113. The average Bonchev–Trinajstić information content (AvgIpc) is 2.19. The monoisotopic (exact) mass is 200 g/mol. The molecule has 1 rings (SSSR count). The molecule has 0 radical (unpaired) electrons. The molecule has 1 saturated heterocycles. The number of nitrogens with zero attached hydrogens (tertiary/aromatic N) is 2. The van der Waals surface area contributed by atoms with Gasteiger partial charge in [0.1, 0.15) is 0 Å². The molecule has 1 aliphatic heterocycles. The van der Waals surface area contributed by atoms with Gasteiger partial charge in [-0.2, -0.15) is 0 Å². The molecule has 0 atom stereocenters. The molecule has 14 heavy (non-hydrogen) atoms. The Morgan fingerprint density at radius 2 is 1.50 bits per heavy atom. The predicted octanol–water partition coefficient (Wildman–Crippen LogP) is 2.45. The van der Waals surface area contributed by atoms with E-state index in [0.29, 0.717) is 0 Å². The first kappa shape index (κ1) is 13.9. The van der Waals surface area contributed by atoms with Gasteiger partial charge in [0.25, 0.3) is 0 Å². The summed E-state index contributed by atoms with van der Waals surface area (Å²) in [5.74, 6) is 0. The van der Waals surface area contributed by atoms with Crippen LogP contribution in [0.1, 0.15) is 39.5 Å². The Labute approximate surface area is 90.3 Å². The lowest BCUT2D eigenvalue weighted by atomic mass is 10.1. The summed E-state index contributed by atoms with van der Waals surface area (Å²) in [6.07, 6.45) is 5.31. The van der Waals surface area contributed by atoms with E-state index < -0.39 is 0 Å². The van der Waals surface area contributed by atoms with Gasteiger partial charge in [0, 0.05) is 6.04 Å². The summed E-state index contributed by atoms with van der Waals surface area (Å²) >= 11 is 0. The van der Waals surface area contributed by atoms with Gasteiger partial charge >= 0.3 is 0 Å². The fourth-order valence-electron chi connectivity index (χ4n) is 1.51. The minimum atomic E-state index is 0.830. The van der Waals surface area contributed by atoms with Crippen molar-refractivity contribution in [2.75, 3.05) is 34.2 Å². The number of piperidine rings is 1. The van der Waals surface area contributed by atoms with Crippen molar-refractivity contribution >= 4 is 0 Å². The molecule has 2 heteroatoms. The van der Waals surface area contributed by atoms with Crippen LogP contribution in [0.4, 0.5) is 0 Å². The lowest BCUT2D eigenvalue weighted by Gasteiger charge is -2.32. The number of hydrogen-bond acceptors (Lipinski definition) is 2. The maximum atomic E-state index is 2.40. The first-order valence-corrected chi connectivity index (χ1v) is 5.96. The summed E-state index contributed by atoms with van der Waals surface area (Å²) in [5, 5.41) is 0. The zero-order valence-corrected chi connectivity index (χ0v) is 10.7. The number of rotatable bonds is 2. The van der Waals surface area contributed by atoms with Crippen LogP contribution in [0, 0.1) is 0 Å². The van der Waals surface area contributed by atoms with Crippen LogP contribution in [-0.4, -0.2) is 50.1 Å². The third kappa shape index (κ3) is 6.39. The molecule has 0 N–H and O–H groups in total. The minimum Gasteiger partial charge on any atom is -0.306 e. The molecule has 0 unspecified atom stereocenters. The summed E-state index contributed by atoms with van der Waals surface area (Å²) in [5.41, 5.74) is 0. The van der Waals surface area contributed by atoms with Gasteiger partial charge in [-0.05, 0) is 47.1 Å². The SMILES string of the molecule is CCCC.CN1CCC(N(C)C)CC1. The van der Waals surface area contributed by atoms with E-state index >= 15 is 0 Å². The van der Waals surface area contributed by atoms with Crippen LogP contribution >= 0.6 is 0 Å². The summed E-state index contributed by atoms with van der Waals surface area (Å²) in [6, 6.07) is 0.830. The Balaban J connectivity index is 0.000000364. The second-order valence-electron chi connectivity index (χ2n) is 4.50. The van der Waals surface area contributed by atoms with Crippen molar-refractivity contribution in [3.05, 3.63) is 0 Å². The van der Waals surface area contributed by atoms with Crippen molar-refractivity contribution in [1.82, 2.24) is 9.80 Å². The van der Waals surface area contributed by atoms with Crippen molar-refractivity contribution in [3.8, 4) is 0 Å². The van der Waals surface area contributed by atoms with Crippen molar-refractivity contribution in [2.24, 2.45) is 0 Å². The third-order valence-electron chi connectivity index (χ3n) is 2.92. The summed E-state index contributed by atoms with van der Waals surface area (Å²) < 4.78 is 0. The molecule has 0 saturated carbocycles. The molecule has 0 amide bonds. The number of unbranched alkanes of at least 4 members (excludes halogenated alkanes) is 1. The van der Waals surface area contributed by atoms with Crippen LogP contribution in [0.3, 0.4) is 0 Å². The average molecular weight is 200 g/mol. The second kappa shape index (κ2) is 8.25. The van der Waals surface area contributed by atoms with E-state index in [-0.39, 0.29) is 0 Å². The van der Waals surface area contributed by atoms with Gasteiger partial charge in [0.2, 0.25) is 0 Å². The highest BCUT2D eigenvalue weighted by molar-refractivity contribution is 4.74. The maximum absolute atomic E-state index is 2.40. The highest BCUT2D eigenvalue weighted by Gasteiger charge is 2.17. The lowest BCUT2D eigenvalue weighted by Crippen LogP contribution is -2.40. The van der Waals surface area contributed by atoms with Gasteiger partial charge in [-0.3, -0.25) is 0 Å². The van der Waals surface area contributed by atoms with Crippen LogP contribution in [0.2, 0.25) is 0 Å². The molecular weight excluding hydrogens is 172 g/mol. The van der Waals surface area contributed by atoms with E-state index in [0.717, 1.165) is 6.04 Å². The molecule has 0 aliphatic carbocycles. The molecule has 0 aromatic rings. The molecule has 86 valence electrons. The quantitative estimate of drug-likeness (QED) is 0.675. The normalized spacial score (nSPS) is 19.3. The summed E-state index contributed by atoms with van der Waals surface area (Å²) in [4.78, 5) is 4.74. The van der Waals surface area contributed by atoms with Crippen molar-refractivity contribution in [1.29, 1.82) is 0 Å². The molecule has 1 aliphatic rings. The topological polar surface area (TPSA) is 6.48 Å². The molecule has 1 heterocycles. The number of likely N-dealkylation sites (tertiary alicyclic amines) is 1. The van der Waals surface area contributed by atoms with E-state index in [1.165, 1.54) is 38.8 Å².